The lowest BCUT2D eigenvalue weighted by Gasteiger charge is -2.30. The van der Waals surface area contributed by atoms with Crippen molar-refractivity contribution in [1.82, 2.24) is 15.5 Å². The lowest BCUT2D eigenvalue weighted by molar-refractivity contribution is -0.145. The van der Waals surface area contributed by atoms with Crippen LogP contribution in [-0.2, 0) is 23.9 Å². The van der Waals surface area contributed by atoms with Gasteiger partial charge >= 0.3 is 12.1 Å². The minimum atomic E-state index is -1.46. The first-order valence-corrected chi connectivity index (χ1v) is 11.7. The van der Waals surface area contributed by atoms with Crippen molar-refractivity contribution in [3.05, 3.63) is 25.3 Å². The number of carbonyl (C=O) groups is 4. The molecule has 2 aliphatic rings. The molecular formula is C24H37N3O8. The molecule has 3 amide bonds. The smallest absolute Gasteiger partial charge is 0.408 e. The molecule has 0 bridgehead atoms. The predicted molar refractivity (Wildman–Crippen MR) is 126 cm³/mol. The SMILES string of the molecule is C=CCOCCC[C@H](NC(=O)OC(C)(C)C)C(=O)N1C[C@H](O)C[C@H]1C(=O)NC1(C(=O)O)CC1C=C. The number of likely N-dealkylation sites (tertiary alicyclic amines) is 1. The Labute approximate surface area is 205 Å². The van der Waals surface area contributed by atoms with Gasteiger partial charge in [-0.05, 0) is 40.0 Å². The summed E-state index contributed by atoms with van der Waals surface area (Å²) in [6.45, 7) is 12.8. The number of nitrogens with one attached hydrogen (secondary N) is 2. The van der Waals surface area contributed by atoms with E-state index >= 15 is 0 Å². The maximum absolute atomic E-state index is 13.4. The van der Waals surface area contributed by atoms with Gasteiger partial charge in [0.1, 0.15) is 23.2 Å². The number of aliphatic carboxylic acids is 1. The van der Waals surface area contributed by atoms with Gasteiger partial charge in [-0.15, -0.1) is 13.2 Å². The zero-order valence-electron chi connectivity index (χ0n) is 20.6. The summed E-state index contributed by atoms with van der Waals surface area (Å²) in [5.74, 6) is -2.85. The summed E-state index contributed by atoms with van der Waals surface area (Å²) in [5, 5.41) is 24.9. The van der Waals surface area contributed by atoms with Crippen LogP contribution in [0.4, 0.5) is 4.79 Å². The summed E-state index contributed by atoms with van der Waals surface area (Å²) in [6, 6.07) is -2.12. The molecule has 0 spiro atoms. The monoisotopic (exact) mass is 495 g/mol. The molecule has 2 unspecified atom stereocenters. The van der Waals surface area contributed by atoms with Crippen LogP contribution in [0.5, 0.6) is 0 Å². The average Bonchev–Trinajstić information content (AvgIpc) is 3.34. The first-order valence-electron chi connectivity index (χ1n) is 11.7. The molecule has 11 nitrogen and oxygen atoms in total. The molecule has 4 N–H and O–H groups in total. The van der Waals surface area contributed by atoms with E-state index in [0.717, 1.165) is 0 Å². The fourth-order valence-electron chi connectivity index (χ4n) is 4.09. The number of β-amino-alcohol motifs (C(OH)–C–C–N with tert-alkyl or cyclic N) is 1. The maximum Gasteiger partial charge on any atom is 0.408 e. The summed E-state index contributed by atoms with van der Waals surface area (Å²) < 4.78 is 10.6. The maximum atomic E-state index is 13.4. The molecule has 1 heterocycles. The normalized spacial score (nSPS) is 26.4. The predicted octanol–water partition coefficient (Wildman–Crippen LogP) is 0.970. The molecule has 196 valence electrons. The first kappa shape index (κ1) is 28.3. The van der Waals surface area contributed by atoms with Crippen LogP contribution >= 0.6 is 0 Å². The number of aliphatic hydroxyl groups excluding tert-OH is 1. The molecule has 1 saturated carbocycles. The van der Waals surface area contributed by atoms with E-state index in [4.69, 9.17) is 9.47 Å². The highest BCUT2D eigenvalue weighted by Crippen LogP contribution is 2.44. The molecule has 2 fully saturated rings. The average molecular weight is 496 g/mol. The third-order valence-electron chi connectivity index (χ3n) is 5.90. The summed E-state index contributed by atoms with van der Waals surface area (Å²) in [7, 11) is 0. The van der Waals surface area contributed by atoms with Crippen LogP contribution in [0.1, 0.15) is 46.5 Å². The molecule has 1 saturated heterocycles. The third-order valence-corrected chi connectivity index (χ3v) is 5.90. The van der Waals surface area contributed by atoms with Crippen LogP contribution < -0.4 is 10.6 Å². The highest BCUT2D eigenvalue weighted by atomic mass is 16.6. The van der Waals surface area contributed by atoms with Crippen molar-refractivity contribution in [2.75, 3.05) is 19.8 Å². The highest BCUT2D eigenvalue weighted by Gasteiger charge is 2.61. The van der Waals surface area contributed by atoms with Crippen molar-refractivity contribution in [3.8, 4) is 0 Å². The Hall–Kier alpha value is -2.92. The van der Waals surface area contributed by atoms with Crippen molar-refractivity contribution < 1.29 is 38.9 Å². The van der Waals surface area contributed by atoms with Gasteiger partial charge < -0.3 is 35.2 Å². The second-order valence-electron chi connectivity index (χ2n) is 9.91. The van der Waals surface area contributed by atoms with E-state index in [-0.39, 0.29) is 25.8 Å². The Morgan fingerprint density at radius 3 is 2.49 bits per heavy atom. The quantitative estimate of drug-likeness (QED) is 0.231. The van der Waals surface area contributed by atoms with Crippen LogP contribution in [0.3, 0.4) is 0 Å². The van der Waals surface area contributed by atoms with Crippen LogP contribution in [0.2, 0.25) is 0 Å². The van der Waals surface area contributed by atoms with E-state index in [9.17, 15) is 29.4 Å². The van der Waals surface area contributed by atoms with E-state index in [1.807, 2.05) is 0 Å². The number of rotatable bonds is 12. The van der Waals surface area contributed by atoms with E-state index < -0.39 is 59.1 Å². The van der Waals surface area contributed by atoms with Crippen molar-refractivity contribution in [2.24, 2.45) is 5.92 Å². The van der Waals surface area contributed by atoms with E-state index in [2.05, 4.69) is 23.8 Å². The molecule has 2 rings (SSSR count). The number of carboxylic acid groups (broad SMARTS) is 1. The number of nitrogens with zero attached hydrogens (tertiary/aromatic N) is 1. The zero-order chi connectivity index (χ0) is 26.4. The Morgan fingerprint density at radius 1 is 1.26 bits per heavy atom. The molecule has 0 aromatic carbocycles. The molecule has 11 heteroatoms. The highest BCUT2D eigenvalue weighted by molar-refractivity contribution is 5.96. The zero-order valence-corrected chi connectivity index (χ0v) is 20.6. The minimum Gasteiger partial charge on any atom is -0.479 e. The van der Waals surface area contributed by atoms with Crippen LogP contribution in [-0.4, -0.2) is 88.1 Å². The molecule has 35 heavy (non-hydrogen) atoms. The van der Waals surface area contributed by atoms with Crippen molar-refractivity contribution in [1.29, 1.82) is 0 Å². The Morgan fingerprint density at radius 2 is 1.94 bits per heavy atom. The molecule has 0 aromatic rings. The number of carbonyl (C=O) groups excluding carboxylic acids is 3. The fourth-order valence-corrected chi connectivity index (χ4v) is 4.09. The van der Waals surface area contributed by atoms with Crippen LogP contribution in [0.15, 0.2) is 25.3 Å². The summed E-state index contributed by atoms with van der Waals surface area (Å²) in [6.07, 6.45) is 2.09. The van der Waals surface area contributed by atoms with E-state index in [1.54, 1.807) is 26.8 Å². The van der Waals surface area contributed by atoms with Crippen molar-refractivity contribution >= 4 is 23.9 Å². The van der Waals surface area contributed by atoms with E-state index in [1.165, 1.54) is 11.0 Å². The van der Waals surface area contributed by atoms with Crippen LogP contribution in [0, 0.1) is 5.92 Å². The molecule has 1 aliphatic carbocycles. The molecule has 5 atom stereocenters. The lowest BCUT2D eigenvalue weighted by atomic mass is 10.1. The number of alkyl carbamates (subject to hydrolysis) is 1. The van der Waals surface area contributed by atoms with Gasteiger partial charge in [0.15, 0.2) is 0 Å². The second-order valence-corrected chi connectivity index (χ2v) is 9.91. The van der Waals surface area contributed by atoms with Gasteiger partial charge in [0, 0.05) is 25.5 Å². The largest absolute Gasteiger partial charge is 0.479 e. The van der Waals surface area contributed by atoms with Gasteiger partial charge in [0.25, 0.3) is 0 Å². The minimum absolute atomic E-state index is 0.0480. The lowest BCUT2D eigenvalue weighted by Crippen LogP contribution is -2.56. The second kappa shape index (κ2) is 11.7. The number of ether oxygens (including phenoxy) is 2. The molecular weight excluding hydrogens is 458 g/mol. The Bertz CT molecular complexity index is 839. The van der Waals surface area contributed by atoms with Crippen molar-refractivity contribution in [3.63, 3.8) is 0 Å². The first-order chi connectivity index (χ1) is 16.3. The molecule has 1 aliphatic heterocycles. The summed E-state index contributed by atoms with van der Waals surface area (Å²) >= 11 is 0. The standard InChI is InChI=1S/C24H37N3O8/c1-6-10-34-11-8-9-17(25-22(33)35-23(3,4)5)20(30)27-14-16(28)12-18(27)19(29)26-24(21(31)32)13-15(24)7-2/h6-7,15-18,28H,1-2,8-14H2,3-5H3,(H,25,33)(H,26,29)(H,31,32)/t15?,16-,17+,18+,24?/m1/s1. The summed E-state index contributed by atoms with van der Waals surface area (Å²) in [5.41, 5.74) is -2.24. The van der Waals surface area contributed by atoms with Gasteiger partial charge in [-0.25, -0.2) is 9.59 Å². The molecule has 0 radical (unpaired) electrons. The number of hydrogen-bond acceptors (Lipinski definition) is 7. The Kier molecular flexibility index (Phi) is 9.45. The number of aliphatic hydroxyl groups is 1. The molecule has 0 aromatic heterocycles. The Balaban J connectivity index is 2.15. The van der Waals surface area contributed by atoms with Gasteiger partial charge in [0.05, 0.1) is 12.7 Å². The third kappa shape index (κ3) is 7.53. The van der Waals surface area contributed by atoms with Crippen molar-refractivity contribution in [2.45, 2.75) is 75.8 Å². The van der Waals surface area contributed by atoms with Gasteiger partial charge in [0.2, 0.25) is 11.8 Å². The van der Waals surface area contributed by atoms with E-state index in [0.29, 0.717) is 19.6 Å². The number of hydrogen-bond donors (Lipinski definition) is 4. The number of amides is 3. The summed E-state index contributed by atoms with van der Waals surface area (Å²) in [4.78, 5) is 51.8. The topological polar surface area (TPSA) is 154 Å². The van der Waals surface area contributed by atoms with Gasteiger partial charge in [-0.2, -0.15) is 0 Å². The van der Waals surface area contributed by atoms with Crippen LogP contribution in [0.25, 0.3) is 0 Å². The fraction of sp³-hybridized carbons (Fsp3) is 0.667. The van der Waals surface area contributed by atoms with Gasteiger partial charge in [-0.1, -0.05) is 12.2 Å². The number of carboxylic acids is 1. The van der Waals surface area contributed by atoms with Gasteiger partial charge in [-0.3, -0.25) is 9.59 Å².